The van der Waals surface area contributed by atoms with Crippen molar-refractivity contribution in [3.05, 3.63) is 69.7 Å². The zero-order chi connectivity index (χ0) is 24.0. The molecule has 0 bridgehead atoms. The van der Waals surface area contributed by atoms with E-state index >= 15 is 0 Å². The van der Waals surface area contributed by atoms with Crippen LogP contribution in [0.5, 0.6) is 0 Å². The Morgan fingerprint density at radius 2 is 1.58 bits per heavy atom. The van der Waals surface area contributed by atoms with Gasteiger partial charge >= 0.3 is 0 Å². The second kappa shape index (κ2) is 11.3. The van der Waals surface area contributed by atoms with Gasteiger partial charge in [0.15, 0.2) is 0 Å². The highest BCUT2D eigenvalue weighted by Crippen LogP contribution is 2.23. The average molecular weight is 514 g/mol. The molecule has 2 aromatic rings. The molecule has 0 spiro atoms. The second-order valence-electron chi connectivity index (χ2n) is 10.3. The maximum atomic E-state index is 13.3. The fraction of sp³-hybridized carbons (Fsp3) is 0.500. The topological polar surface area (TPSA) is 49.4 Å². The van der Waals surface area contributed by atoms with E-state index < -0.39 is 6.04 Å². The van der Waals surface area contributed by atoms with Crippen LogP contribution in [0.15, 0.2) is 53.0 Å². The molecule has 0 radical (unpaired) electrons. The third kappa shape index (κ3) is 7.43. The molecule has 1 fully saturated rings. The lowest BCUT2D eigenvalue weighted by molar-refractivity contribution is -0.140. The molecule has 0 saturated heterocycles. The van der Waals surface area contributed by atoms with Crippen molar-refractivity contribution in [3.8, 4) is 0 Å². The van der Waals surface area contributed by atoms with Gasteiger partial charge in [-0.1, -0.05) is 85.9 Å². The Bertz CT molecular complexity index is 926. The Labute approximate surface area is 207 Å². The van der Waals surface area contributed by atoms with Gasteiger partial charge in [0, 0.05) is 23.5 Å². The summed E-state index contributed by atoms with van der Waals surface area (Å²) in [6.07, 6.45) is 5.43. The summed E-state index contributed by atoms with van der Waals surface area (Å²) >= 11 is 3.46. The normalized spacial score (nSPS) is 15.3. The smallest absolute Gasteiger partial charge is 0.242 e. The van der Waals surface area contributed by atoms with Crippen LogP contribution in [0, 0.1) is 0 Å². The van der Waals surface area contributed by atoms with Gasteiger partial charge in [0.25, 0.3) is 0 Å². The van der Waals surface area contributed by atoms with E-state index in [4.69, 9.17) is 0 Å². The third-order valence-corrected chi connectivity index (χ3v) is 7.11. The molecule has 1 N–H and O–H groups in total. The predicted octanol–water partition coefficient (Wildman–Crippen LogP) is 6.16. The molecule has 3 rings (SSSR count). The Morgan fingerprint density at radius 1 is 1.00 bits per heavy atom. The van der Waals surface area contributed by atoms with Crippen LogP contribution in [-0.4, -0.2) is 28.8 Å². The van der Waals surface area contributed by atoms with E-state index in [0.29, 0.717) is 19.4 Å². The third-order valence-electron chi connectivity index (χ3n) is 6.58. The maximum Gasteiger partial charge on any atom is 0.242 e. The minimum absolute atomic E-state index is 0.00638. The number of rotatable bonds is 8. The summed E-state index contributed by atoms with van der Waals surface area (Å²) in [6, 6.07) is 16.2. The van der Waals surface area contributed by atoms with Gasteiger partial charge in [-0.25, -0.2) is 0 Å². The highest BCUT2D eigenvalue weighted by atomic mass is 79.9. The molecule has 1 aliphatic rings. The number of amides is 2. The summed E-state index contributed by atoms with van der Waals surface area (Å²) in [5.74, 6) is -0.0474. The van der Waals surface area contributed by atoms with E-state index in [9.17, 15) is 9.59 Å². The molecule has 0 aliphatic heterocycles. The fourth-order valence-corrected chi connectivity index (χ4v) is 4.59. The summed E-state index contributed by atoms with van der Waals surface area (Å²) in [5, 5.41) is 3.16. The first kappa shape index (κ1) is 25.5. The molecule has 178 valence electrons. The van der Waals surface area contributed by atoms with Crippen LogP contribution in [0.25, 0.3) is 0 Å². The van der Waals surface area contributed by atoms with Crippen molar-refractivity contribution >= 4 is 27.7 Å². The molecular formula is C28H37BrN2O2. The molecule has 2 amide bonds. The summed E-state index contributed by atoms with van der Waals surface area (Å²) < 4.78 is 0.995. The molecule has 0 unspecified atom stereocenters. The first-order valence-electron chi connectivity index (χ1n) is 12.1. The number of nitrogens with zero attached hydrogens (tertiary/aromatic N) is 1. The van der Waals surface area contributed by atoms with Crippen LogP contribution in [0.4, 0.5) is 0 Å². The SMILES string of the molecule is C[C@H](C(=O)NC1CCCC1)N(Cc1ccc(Br)cc1)C(=O)CCc1ccc(C(C)(C)C)cc1. The van der Waals surface area contributed by atoms with Crippen LogP contribution >= 0.6 is 15.9 Å². The van der Waals surface area contributed by atoms with Crippen molar-refractivity contribution in [2.24, 2.45) is 0 Å². The summed E-state index contributed by atoms with van der Waals surface area (Å²) in [6.45, 7) is 8.87. The molecule has 1 atom stereocenters. The molecule has 4 nitrogen and oxygen atoms in total. The Hall–Kier alpha value is -2.14. The highest BCUT2D eigenvalue weighted by molar-refractivity contribution is 9.10. The van der Waals surface area contributed by atoms with E-state index in [-0.39, 0.29) is 23.3 Å². The Kier molecular flexibility index (Phi) is 8.75. The van der Waals surface area contributed by atoms with Crippen LogP contribution in [0.1, 0.15) is 76.5 Å². The van der Waals surface area contributed by atoms with Gasteiger partial charge in [-0.2, -0.15) is 0 Å². The molecule has 1 aliphatic carbocycles. The summed E-state index contributed by atoms with van der Waals surface area (Å²) in [5.41, 5.74) is 3.55. The lowest BCUT2D eigenvalue weighted by atomic mass is 9.86. The van der Waals surface area contributed by atoms with Gasteiger partial charge in [-0.15, -0.1) is 0 Å². The molecule has 0 heterocycles. The minimum Gasteiger partial charge on any atom is -0.352 e. The van der Waals surface area contributed by atoms with Crippen molar-refractivity contribution in [2.75, 3.05) is 0 Å². The molecular weight excluding hydrogens is 476 g/mol. The van der Waals surface area contributed by atoms with E-state index in [1.165, 1.54) is 5.56 Å². The Balaban J connectivity index is 1.69. The number of hydrogen-bond acceptors (Lipinski definition) is 2. The van der Waals surface area contributed by atoms with E-state index in [2.05, 4.69) is 66.3 Å². The number of nitrogens with one attached hydrogen (secondary N) is 1. The monoisotopic (exact) mass is 512 g/mol. The van der Waals surface area contributed by atoms with E-state index in [1.54, 1.807) is 4.90 Å². The van der Waals surface area contributed by atoms with Crippen LogP contribution < -0.4 is 5.32 Å². The van der Waals surface area contributed by atoms with Crippen molar-refractivity contribution in [2.45, 2.75) is 90.3 Å². The number of carbonyl (C=O) groups excluding carboxylic acids is 2. The average Bonchev–Trinajstić information content (AvgIpc) is 3.29. The van der Waals surface area contributed by atoms with E-state index in [0.717, 1.165) is 41.3 Å². The van der Waals surface area contributed by atoms with Crippen LogP contribution in [0.2, 0.25) is 0 Å². The molecule has 2 aromatic carbocycles. The summed E-state index contributed by atoms with van der Waals surface area (Å²) in [4.78, 5) is 28.0. The van der Waals surface area contributed by atoms with Gasteiger partial charge in [0.1, 0.15) is 6.04 Å². The second-order valence-corrected chi connectivity index (χ2v) is 11.2. The van der Waals surface area contributed by atoms with Crippen LogP contribution in [0.3, 0.4) is 0 Å². The van der Waals surface area contributed by atoms with Gasteiger partial charge in [-0.05, 0) is 60.4 Å². The number of hydrogen-bond donors (Lipinski definition) is 1. The van der Waals surface area contributed by atoms with Gasteiger partial charge in [0.2, 0.25) is 11.8 Å². The van der Waals surface area contributed by atoms with Crippen molar-refractivity contribution in [3.63, 3.8) is 0 Å². The molecule has 33 heavy (non-hydrogen) atoms. The first-order chi connectivity index (χ1) is 15.6. The lowest BCUT2D eigenvalue weighted by Gasteiger charge is -2.30. The maximum absolute atomic E-state index is 13.3. The van der Waals surface area contributed by atoms with Gasteiger partial charge in [-0.3, -0.25) is 9.59 Å². The van der Waals surface area contributed by atoms with Crippen molar-refractivity contribution < 1.29 is 9.59 Å². The largest absolute Gasteiger partial charge is 0.352 e. The number of aryl methyl sites for hydroxylation is 1. The standard InChI is InChI=1S/C28H37BrN2O2/c1-20(27(33)30-25-7-5-6-8-25)31(19-22-11-16-24(29)17-12-22)26(32)18-13-21-9-14-23(15-10-21)28(2,3)4/h9-12,14-17,20,25H,5-8,13,18-19H2,1-4H3,(H,30,33)/t20-/m1/s1. The first-order valence-corrected chi connectivity index (χ1v) is 12.9. The number of benzene rings is 2. The number of halogens is 1. The quantitative estimate of drug-likeness (QED) is 0.460. The molecule has 0 aromatic heterocycles. The highest BCUT2D eigenvalue weighted by Gasteiger charge is 2.28. The predicted molar refractivity (Wildman–Crippen MR) is 138 cm³/mol. The van der Waals surface area contributed by atoms with Crippen LogP contribution in [-0.2, 0) is 28.0 Å². The number of carbonyl (C=O) groups is 2. The molecule has 5 heteroatoms. The van der Waals surface area contributed by atoms with Crippen molar-refractivity contribution in [1.29, 1.82) is 0 Å². The molecule has 1 saturated carbocycles. The zero-order valence-corrected chi connectivity index (χ0v) is 22.0. The minimum atomic E-state index is -0.509. The van der Waals surface area contributed by atoms with Crippen molar-refractivity contribution in [1.82, 2.24) is 10.2 Å². The van der Waals surface area contributed by atoms with Gasteiger partial charge < -0.3 is 10.2 Å². The fourth-order valence-electron chi connectivity index (χ4n) is 4.33. The zero-order valence-electron chi connectivity index (χ0n) is 20.4. The van der Waals surface area contributed by atoms with E-state index in [1.807, 2.05) is 31.2 Å². The summed E-state index contributed by atoms with van der Waals surface area (Å²) in [7, 11) is 0. The Morgan fingerprint density at radius 3 is 2.15 bits per heavy atom. The lowest BCUT2D eigenvalue weighted by Crippen LogP contribution is -2.49. The van der Waals surface area contributed by atoms with Gasteiger partial charge in [0.05, 0.1) is 0 Å².